The zero-order valence-electron chi connectivity index (χ0n) is 14.9. The second-order valence-electron chi connectivity index (χ2n) is 6.47. The molecule has 0 aliphatic carbocycles. The van der Waals surface area contributed by atoms with Crippen molar-refractivity contribution in [2.45, 2.75) is 18.9 Å². The molecule has 4 aromatic rings. The molecule has 1 amide bonds. The summed E-state index contributed by atoms with van der Waals surface area (Å²) >= 11 is 0. The molecule has 0 unspecified atom stereocenters. The zero-order chi connectivity index (χ0) is 18.5. The summed E-state index contributed by atoms with van der Waals surface area (Å²) in [6.07, 6.45) is 5.51. The van der Waals surface area contributed by atoms with Gasteiger partial charge in [-0.3, -0.25) is 9.48 Å². The quantitative estimate of drug-likeness (QED) is 0.532. The Bertz CT molecular complexity index is 1010. The fourth-order valence-corrected chi connectivity index (χ4v) is 3.34. The first-order valence-electron chi connectivity index (χ1n) is 9.01. The molecular weight excluding hydrogens is 338 g/mol. The summed E-state index contributed by atoms with van der Waals surface area (Å²) in [4.78, 5) is 19.6. The number of carbonyl (C=O) groups is 1. The standard InChI is InChI=1S/C21H21N5O/c27-21(10-11-26-15-22-14-25-26)24-12-18(16-6-2-1-3-7-16)19-13-23-20-9-5-4-8-17(19)20/h1-9,13-15,18,23H,10-12H2,(H,24,27)/t18-/m0/s1. The molecule has 4 rings (SSSR count). The lowest BCUT2D eigenvalue weighted by Gasteiger charge is -2.18. The van der Waals surface area contributed by atoms with Crippen LogP contribution < -0.4 is 5.32 Å². The predicted molar refractivity (Wildman–Crippen MR) is 104 cm³/mol. The first-order chi connectivity index (χ1) is 13.3. The van der Waals surface area contributed by atoms with Gasteiger partial charge in [0.2, 0.25) is 5.91 Å². The number of fused-ring (bicyclic) bond motifs is 1. The molecule has 6 heteroatoms. The number of hydrogen-bond acceptors (Lipinski definition) is 3. The Labute approximate surface area is 157 Å². The largest absolute Gasteiger partial charge is 0.361 e. The van der Waals surface area contributed by atoms with E-state index in [9.17, 15) is 4.79 Å². The lowest BCUT2D eigenvalue weighted by molar-refractivity contribution is -0.121. The number of rotatable bonds is 7. The van der Waals surface area contributed by atoms with E-state index in [1.54, 1.807) is 11.0 Å². The van der Waals surface area contributed by atoms with E-state index >= 15 is 0 Å². The number of H-pyrrole nitrogens is 1. The third-order valence-electron chi connectivity index (χ3n) is 4.74. The second kappa shape index (κ2) is 7.86. The van der Waals surface area contributed by atoms with E-state index in [2.05, 4.69) is 44.6 Å². The lowest BCUT2D eigenvalue weighted by atomic mass is 9.91. The van der Waals surface area contributed by atoms with Crippen LogP contribution >= 0.6 is 0 Å². The maximum Gasteiger partial charge on any atom is 0.221 e. The zero-order valence-corrected chi connectivity index (χ0v) is 14.9. The average molecular weight is 359 g/mol. The molecule has 2 aromatic heterocycles. The number of carbonyl (C=O) groups excluding carboxylic acids is 1. The van der Waals surface area contributed by atoms with Crippen molar-refractivity contribution in [2.24, 2.45) is 0 Å². The van der Waals surface area contributed by atoms with Crippen LogP contribution in [0.4, 0.5) is 0 Å². The molecule has 136 valence electrons. The van der Waals surface area contributed by atoms with E-state index in [4.69, 9.17) is 0 Å². The number of aromatic nitrogens is 4. The van der Waals surface area contributed by atoms with Crippen molar-refractivity contribution in [3.05, 3.63) is 84.6 Å². The average Bonchev–Trinajstić information content (AvgIpc) is 3.38. The Morgan fingerprint density at radius 3 is 2.74 bits per heavy atom. The maximum absolute atomic E-state index is 12.3. The van der Waals surface area contributed by atoms with Crippen molar-refractivity contribution in [3.8, 4) is 0 Å². The van der Waals surface area contributed by atoms with Gasteiger partial charge in [-0.05, 0) is 17.2 Å². The molecule has 27 heavy (non-hydrogen) atoms. The van der Waals surface area contributed by atoms with E-state index in [0.29, 0.717) is 19.5 Å². The fraction of sp³-hybridized carbons (Fsp3) is 0.190. The molecule has 6 nitrogen and oxygen atoms in total. The molecule has 0 aliphatic rings. The van der Waals surface area contributed by atoms with Gasteiger partial charge in [0.15, 0.2) is 0 Å². The van der Waals surface area contributed by atoms with Crippen LogP contribution in [0.5, 0.6) is 0 Å². The van der Waals surface area contributed by atoms with Crippen LogP contribution in [0, 0.1) is 0 Å². The van der Waals surface area contributed by atoms with Crippen LogP contribution in [0.25, 0.3) is 10.9 Å². The van der Waals surface area contributed by atoms with Gasteiger partial charge in [-0.15, -0.1) is 0 Å². The number of hydrogen-bond donors (Lipinski definition) is 2. The summed E-state index contributed by atoms with van der Waals surface area (Å²) in [5.41, 5.74) is 3.47. The number of aryl methyl sites for hydroxylation is 1. The number of amides is 1. The van der Waals surface area contributed by atoms with E-state index < -0.39 is 0 Å². The summed E-state index contributed by atoms with van der Waals surface area (Å²) < 4.78 is 1.66. The van der Waals surface area contributed by atoms with Crippen molar-refractivity contribution in [2.75, 3.05) is 6.54 Å². The molecule has 2 heterocycles. The van der Waals surface area contributed by atoms with Gasteiger partial charge in [-0.25, -0.2) is 4.98 Å². The first kappa shape index (κ1) is 17.0. The molecule has 0 fully saturated rings. The number of para-hydroxylation sites is 1. The number of aromatic amines is 1. The number of nitrogens with zero attached hydrogens (tertiary/aromatic N) is 3. The van der Waals surface area contributed by atoms with Crippen molar-refractivity contribution in [1.29, 1.82) is 0 Å². The topological polar surface area (TPSA) is 75.6 Å². The van der Waals surface area contributed by atoms with Gasteiger partial charge in [0.05, 0.1) is 6.54 Å². The summed E-state index contributed by atoms with van der Waals surface area (Å²) in [5.74, 6) is 0.0870. The summed E-state index contributed by atoms with van der Waals surface area (Å²) in [6.45, 7) is 1.07. The Hall–Kier alpha value is -3.41. The van der Waals surface area contributed by atoms with Gasteiger partial charge in [0, 0.05) is 36.0 Å². The van der Waals surface area contributed by atoms with Crippen LogP contribution in [-0.2, 0) is 11.3 Å². The molecular formula is C21H21N5O. The third-order valence-corrected chi connectivity index (χ3v) is 4.74. The van der Waals surface area contributed by atoms with Gasteiger partial charge in [-0.2, -0.15) is 5.10 Å². The highest BCUT2D eigenvalue weighted by atomic mass is 16.1. The molecule has 0 spiro atoms. The van der Waals surface area contributed by atoms with E-state index in [1.165, 1.54) is 22.8 Å². The Morgan fingerprint density at radius 1 is 1.11 bits per heavy atom. The predicted octanol–water partition coefficient (Wildman–Crippen LogP) is 3.10. The molecule has 2 N–H and O–H groups in total. The van der Waals surface area contributed by atoms with Crippen molar-refractivity contribution in [1.82, 2.24) is 25.1 Å². The molecule has 0 bridgehead atoms. The Balaban J connectivity index is 1.51. The summed E-state index contributed by atoms with van der Waals surface area (Å²) in [7, 11) is 0. The summed E-state index contributed by atoms with van der Waals surface area (Å²) in [5, 5.41) is 8.29. The highest BCUT2D eigenvalue weighted by molar-refractivity contribution is 5.84. The minimum atomic E-state index is 0.00581. The maximum atomic E-state index is 12.3. The molecule has 0 radical (unpaired) electrons. The van der Waals surface area contributed by atoms with Crippen molar-refractivity contribution >= 4 is 16.8 Å². The van der Waals surface area contributed by atoms with Crippen LogP contribution in [-0.4, -0.2) is 32.2 Å². The highest BCUT2D eigenvalue weighted by Gasteiger charge is 2.18. The van der Waals surface area contributed by atoms with Crippen LogP contribution in [0.2, 0.25) is 0 Å². The minimum absolute atomic E-state index is 0.00581. The van der Waals surface area contributed by atoms with Crippen molar-refractivity contribution < 1.29 is 4.79 Å². The number of nitrogens with one attached hydrogen (secondary N) is 2. The van der Waals surface area contributed by atoms with Crippen LogP contribution in [0.15, 0.2) is 73.4 Å². The van der Waals surface area contributed by atoms with Gasteiger partial charge in [-0.1, -0.05) is 48.5 Å². The fourth-order valence-electron chi connectivity index (χ4n) is 3.34. The van der Waals surface area contributed by atoms with Gasteiger partial charge in [0.1, 0.15) is 12.7 Å². The van der Waals surface area contributed by atoms with E-state index in [0.717, 1.165) is 5.52 Å². The molecule has 1 atom stereocenters. The Kier molecular flexibility index (Phi) is 4.96. The monoisotopic (exact) mass is 359 g/mol. The lowest BCUT2D eigenvalue weighted by Crippen LogP contribution is -2.29. The second-order valence-corrected chi connectivity index (χ2v) is 6.47. The SMILES string of the molecule is O=C(CCn1cncn1)NC[C@@H](c1ccccc1)c1c[nH]c2ccccc12. The molecule has 0 saturated carbocycles. The normalized spacial score (nSPS) is 12.1. The highest BCUT2D eigenvalue weighted by Crippen LogP contribution is 2.30. The van der Waals surface area contributed by atoms with E-state index in [-0.39, 0.29) is 11.8 Å². The minimum Gasteiger partial charge on any atom is -0.361 e. The van der Waals surface area contributed by atoms with E-state index in [1.807, 2.05) is 36.5 Å². The molecule has 2 aromatic carbocycles. The van der Waals surface area contributed by atoms with Crippen molar-refractivity contribution in [3.63, 3.8) is 0 Å². The van der Waals surface area contributed by atoms with Gasteiger partial charge in [0.25, 0.3) is 0 Å². The van der Waals surface area contributed by atoms with Crippen LogP contribution in [0.1, 0.15) is 23.5 Å². The Morgan fingerprint density at radius 2 is 1.93 bits per heavy atom. The number of benzene rings is 2. The van der Waals surface area contributed by atoms with Gasteiger partial charge >= 0.3 is 0 Å². The summed E-state index contributed by atoms with van der Waals surface area (Å²) in [6, 6.07) is 18.5. The first-order valence-corrected chi connectivity index (χ1v) is 9.01. The molecule has 0 saturated heterocycles. The van der Waals surface area contributed by atoms with Gasteiger partial charge < -0.3 is 10.3 Å². The third kappa shape index (κ3) is 3.89. The smallest absolute Gasteiger partial charge is 0.221 e. The molecule has 0 aliphatic heterocycles. The van der Waals surface area contributed by atoms with Crippen LogP contribution in [0.3, 0.4) is 0 Å².